The van der Waals surface area contributed by atoms with Crippen molar-refractivity contribution in [1.29, 1.82) is 0 Å². The summed E-state index contributed by atoms with van der Waals surface area (Å²) in [6.07, 6.45) is 0. The smallest absolute Gasteiger partial charge is 0.374 e. The number of thioether (sulfide) groups is 1. The van der Waals surface area contributed by atoms with Gasteiger partial charge in [-0.05, 0) is 31.9 Å². The fourth-order valence-corrected chi connectivity index (χ4v) is 5.90. The standard InChI is InChI=1S/C27H27NO5S/c1-6-28-17(2)18(3)34-27(19-13-9-7-10-14-19,20-15-11-8-12-16-20)24-22(28)21(25(29)31-4)23(33-24)26(30)32-5/h7-16H,6H2,1-5H3. The van der Waals surface area contributed by atoms with Crippen LogP contribution in [-0.2, 0) is 14.2 Å². The van der Waals surface area contributed by atoms with Crippen LogP contribution in [0.3, 0.4) is 0 Å². The molecule has 0 unspecified atom stereocenters. The lowest BCUT2D eigenvalue weighted by atomic mass is 9.86. The minimum Gasteiger partial charge on any atom is -0.465 e. The van der Waals surface area contributed by atoms with Crippen LogP contribution in [-0.4, -0.2) is 32.7 Å². The number of rotatable bonds is 5. The molecular weight excluding hydrogens is 450 g/mol. The quantitative estimate of drug-likeness (QED) is 0.419. The second-order valence-corrected chi connectivity index (χ2v) is 9.30. The Kier molecular flexibility index (Phi) is 6.57. The first-order chi connectivity index (χ1) is 16.4. The van der Waals surface area contributed by atoms with Crippen molar-refractivity contribution in [3.05, 3.63) is 99.5 Å². The number of allylic oxidation sites excluding steroid dienone is 2. The van der Waals surface area contributed by atoms with Gasteiger partial charge in [0.25, 0.3) is 0 Å². The third kappa shape index (κ3) is 3.60. The van der Waals surface area contributed by atoms with Crippen LogP contribution in [0.4, 0.5) is 5.69 Å². The average molecular weight is 478 g/mol. The summed E-state index contributed by atoms with van der Waals surface area (Å²) in [5.41, 5.74) is 3.46. The van der Waals surface area contributed by atoms with Gasteiger partial charge in [-0.2, -0.15) is 0 Å². The lowest BCUT2D eigenvalue weighted by Gasteiger charge is -2.33. The van der Waals surface area contributed by atoms with Gasteiger partial charge in [0.2, 0.25) is 5.76 Å². The van der Waals surface area contributed by atoms with Crippen LogP contribution in [0.25, 0.3) is 0 Å². The monoisotopic (exact) mass is 477 g/mol. The summed E-state index contributed by atoms with van der Waals surface area (Å²) in [6.45, 7) is 6.62. The van der Waals surface area contributed by atoms with Gasteiger partial charge >= 0.3 is 11.9 Å². The van der Waals surface area contributed by atoms with Gasteiger partial charge in [0, 0.05) is 17.1 Å². The van der Waals surface area contributed by atoms with Crippen LogP contribution < -0.4 is 4.90 Å². The molecule has 34 heavy (non-hydrogen) atoms. The summed E-state index contributed by atoms with van der Waals surface area (Å²) in [7, 11) is 2.56. The van der Waals surface area contributed by atoms with Crippen molar-refractivity contribution in [2.45, 2.75) is 25.5 Å². The number of nitrogens with zero attached hydrogens (tertiary/aromatic N) is 1. The van der Waals surface area contributed by atoms with Gasteiger partial charge in [-0.25, -0.2) is 9.59 Å². The molecule has 4 rings (SSSR count). The molecule has 7 heteroatoms. The van der Waals surface area contributed by atoms with Crippen molar-refractivity contribution in [1.82, 2.24) is 0 Å². The van der Waals surface area contributed by atoms with Gasteiger partial charge in [-0.3, -0.25) is 0 Å². The van der Waals surface area contributed by atoms with Crippen molar-refractivity contribution in [2.75, 3.05) is 25.7 Å². The first-order valence-corrected chi connectivity index (χ1v) is 11.8. The number of fused-ring (bicyclic) bond motifs is 1. The zero-order valence-electron chi connectivity index (χ0n) is 19.9. The normalized spacial score (nSPS) is 14.9. The van der Waals surface area contributed by atoms with E-state index >= 15 is 0 Å². The lowest BCUT2D eigenvalue weighted by Crippen LogP contribution is -2.27. The Morgan fingerprint density at radius 3 is 1.91 bits per heavy atom. The molecule has 2 aromatic carbocycles. The molecule has 1 aliphatic heterocycles. The Balaban J connectivity index is 2.23. The Morgan fingerprint density at radius 2 is 1.44 bits per heavy atom. The van der Waals surface area contributed by atoms with E-state index in [1.165, 1.54) is 14.2 Å². The van der Waals surface area contributed by atoms with Gasteiger partial charge < -0.3 is 18.8 Å². The van der Waals surface area contributed by atoms with Crippen molar-refractivity contribution in [3.8, 4) is 0 Å². The zero-order chi connectivity index (χ0) is 24.5. The minimum atomic E-state index is -0.873. The SMILES string of the molecule is CCN1C(C)=C(C)SC(c2ccccc2)(c2ccccc2)c2oc(C(=O)OC)c(C(=O)OC)c21. The Labute approximate surface area is 203 Å². The molecule has 1 aliphatic rings. The summed E-state index contributed by atoms with van der Waals surface area (Å²) in [5, 5.41) is 0. The first kappa shape index (κ1) is 23.7. The van der Waals surface area contributed by atoms with Crippen LogP contribution in [0.15, 0.2) is 75.7 Å². The molecule has 0 fully saturated rings. The van der Waals surface area contributed by atoms with Crippen molar-refractivity contribution >= 4 is 29.4 Å². The summed E-state index contributed by atoms with van der Waals surface area (Å²) in [6, 6.07) is 19.9. The van der Waals surface area contributed by atoms with E-state index in [-0.39, 0.29) is 11.3 Å². The van der Waals surface area contributed by atoms with Gasteiger partial charge in [-0.15, -0.1) is 11.8 Å². The Morgan fingerprint density at radius 1 is 0.912 bits per heavy atom. The number of furan rings is 1. The predicted octanol–water partition coefficient (Wildman–Crippen LogP) is 5.97. The van der Waals surface area contributed by atoms with Crippen LogP contribution in [0.5, 0.6) is 0 Å². The van der Waals surface area contributed by atoms with Gasteiger partial charge in [-0.1, -0.05) is 60.7 Å². The molecule has 0 N–H and O–H groups in total. The van der Waals surface area contributed by atoms with Crippen molar-refractivity contribution in [3.63, 3.8) is 0 Å². The number of methoxy groups -OCH3 is 2. The maximum atomic E-state index is 13.1. The van der Waals surface area contributed by atoms with Crippen molar-refractivity contribution in [2.24, 2.45) is 0 Å². The number of carbonyl (C=O) groups excluding carboxylic acids is 2. The molecule has 0 saturated carbocycles. The largest absolute Gasteiger partial charge is 0.465 e. The third-order valence-corrected chi connectivity index (χ3v) is 7.70. The lowest BCUT2D eigenvalue weighted by molar-refractivity contribution is 0.0527. The van der Waals surface area contributed by atoms with E-state index in [1.807, 2.05) is 79.4 Å². The molecule has 0 radical (unpaired) electrons. The van der Waals surface area contributed by atoms with Crippen molar-refractivity contribution < 1.29 is 23.5 Å². The fraction of sp³-hybridized carbons (Fsp3) is 0.259. The number of carbonyl (C=O) groups is 2. The van der Waals surface area contributed by atoms with Gasteiger partial charge in [0.1, 0.15) is 16.0 Å². The second-order valence-electron chi connectivity index (χ2n) is 7.87. The van der Waals surface area contributed by atoms with E-state index in [0.717, 1.165) is 21.7 Å². The number of hydrogen-bond donors (Lipinski definition) is 0. The van der Waals surface area contributed by atoms with E-state index < -0.39 is 16.7 Å². The van der Waals surface area contributed by atoms with E-state index in [0.29, 0.717) is 18.0 Å². The third-order valence-electron chi connectivity index (χ3n) is 6.13. The highest BCUT2D eigenvalue weighted by atomic mass is 32.2. The fourth-order valence-electron chi connectivity index (χ4n) is 4.44. The highest BCUT2D eigenvalue weighted by molar-refractivity contribution is 8.04. The molecule has 0 aliphatic carbocycles. The minimum absolute atomic E-state index is 0.0667. The average Bonchev–Trinajstić information content (AvgIpc) is 3.24. The van der Waals surface area contributed by atoms with E-state index in [9.17, 15) is 9.59 Å². The number of hydrogen-bond acceptors (Lipinski definition) is 7. The van der Waals surface area contributed by atoms with E-state index in [1.54, 1.807) is 11.8 Å². The highest BCUT2D eigenvalue weighted by Gasteiger charge is 2.49. The second kappa shape index (κ2) is 9.43. The first-order valence-electron chi connectivity index (χ1n) is 11.0. The summed E-state index contributed by atoms with van der Waals surface area (Å²) < 4.78 is 15.6. The number of ether oxygens (including phenoxy) is 2. The number of esters is 2. The summed E-state index contributed by atoms with van der Waals surface area (Å²) >= 11 is 1.63. The van der Waals surface area contributed by atoms with Crippen LogP contribution in [0.1, 0.15) is 58.6 Å². The van der Waals surface area contributed by atoms with Gasteiger partial charge in [0.05, 0.1) is 14.2 Å². The predicted molar refractivity (Wildman–Crippen MR) is 133 cm³/mol. The Bertz CT molecular complexity index is 1210. The maximum Gasteiger partial charge on any atom is 0.374 e. The van der Waals surface area contributed by atoms with Crippen LogP contribution in [0, 0.1) is 0 Å². The van der Waals surface area contributed by atoms with Crippen LogP contribution in [0.2, 0.25) is 0 Å². The summed E-state index contributed by atoms with van der Waals surface area (Å²) in [4.78, 5) is 29.0. The number of benzene rings is 2. The molecule has 1 aromatic heterocycles. The van der Waals surface area contributed by atoms with Gasteiger partial charge in [0.15, 0.2) is 5.76 Å². The summed E-state index contributed by atoms with van der Waals surface area (Å²) in [5.74, 6) is -1.07. The van der Waals surface area contributed by atoms with Crippen LogP contribution >= 0.6 is 11.8 Å². The molecule has 6 nitrogen and oxygen atoms in total. The number of anilines is 1. The molecule has 176 valence electrons. The molecular formula is C27H27NO5S. The molecule has 3 aromatic rings. The highest BCUT2D eigenvalue weighted by Crippen LogP contribution is 2.58. The molecule has 0 spiro atoms. The molecule has 0 bridgehead atoms. The molecule has 0 amide bonds. The topological polar surface area (TPSA) is 69.0 Å². The molecule has 0 atom stereocenters. The van der Waals surface area contributed by atoms with E-state index in [2.05, 4.69) is 6.92 Å². The maximum absolute atomic E-state index is 13.1. The molecule has 0 saturated heterocycles. The Hall–Kier alpha value is -3.45. The molecule has 2 heterocycles. The van der Waals surface area contributed by atoms with E-state index in [4.69, 9.17) is 13.9 Å². The zero-order valence-corrected chi connectivity index (χ0v) is 20.7.